The first kappa shape index (κ1) is 18.8. The lowest BCUT2D eigenvalue weighted by atomic mass is 10.1. The van der Waals surface area contributed by atoms with Gasteiger partial charge >= 0.3 is 0 Å². The van der Waals surface area contributed by atoms with Crippen LogP contribution in [0.3, 0.4) is 0 Å². The first-order valence-corrected chi connectivity index (χ1v) is 10.6. The fourth-order valence-corrected chi connectivity index (χ4v) is 4.98. The van der Waals surface area contributed by atoms with E-state index in [1.807, 2.05) is 48.5 Å². The number of nitrogens with zero attached hydrogens (tertiary/aromatic N) is 1. The normalized spacial score (nSPS) is 11.1. The Balaban J connectivity index is 1.64. The first-order valence-electron chi connectivity index (χ1n) is 9.38. The van der Waals surface area contributed by atoms with Crippen molar-refractivity contribution < 1.29 is 4.79 Å². The van der Waals surface area contributed by atoms with Gasteiger partial charge in [-0.15, -0.1) is 11.3 Å². The molecule has 28 heavy (non-hydrogen) atoms. The number of benzene rings is 3. The maximum atomic E-state index is 12.9. The number of thiophene rings is 1. The van der Waals surface area contributed by atoms with Crippen molar-refractivity contribution in [3.8, 4) is 0 Å². The van der Waals surface area contributed by atoms with Crippen LogP contribution in [0.5, 0.6) is 0 Å². The maximum absolute atomic E-state index is 12.9. The summed E-state index contributed by atoms with van der Waals surface area (Å²) < 4.78 is 1.02. The fraction of sp³-hybridized carbons (Fsp3) is 0.174. The minimum Gasteiger partial charge on any atom is -0.372 e. The third-order valence-corrected chi connectivity index (χ3v) is 6.63. The molecule has 0 spiro atoms. The molecule has 0 atom stereocenters. The largest absolute Gasteiger partial charge is 0.372 e. The van der Waals surface area contributed by atoms with Crippen molar-refractivity contribution in [3.05, 3.63) is 70.6 Å². The first-order chi connectivity index (χ1) is 13.6. The van der Waals surface area contributed by atoms with E-state index < -0.39 is 0 Å². The Labute approximate surface area is 173 Å². The van der Waals surface area contributed by atoms with Gasteiger partial charge in [-0.1, -0.05) is 41.9 Å². The molecule has 4 rings (SSSR count). The molecule has 0 aliphatic carbocycles. The molecule has 1 aromatic heterocycles. The molecular weight excluding hydrogens is 388 g/mol. The average Bonchev–Trinajstić information content (AvgIpc) is 3.07. The molecule has 0 bridgehead atoms. The molecule has 1 heterocycles. The Bertz CT molecular complexity index is 1150. The van der Waals surface area contributed by atoms with Crippen LogP contribution in [0, 0.1) is 0 Å². The van der Waals surface area contributed by atoms with Crippen molar-refractivity contribution in [2.45, 2.75) is 13.8 Å². The number of carbonyl (C=O) groups is 1. The monoisotopic (exact) mass is 408 g/mol. The van der Waals surface area contributed by atoms with Crippen LogP contribution in [0.15, 0.2) is 60.7 Å². The van der Waals surface area contributed by atoms with Crippen LogP contribution < -0.4 is 10.2 Å². The van der Waals surface area contributed by atoms with Gasteiger partial charge in [0.05, 0.1) is 5.02 Å². The Morgan fingerprint density at radius 2 is 1.71 bits per heavy atom. The highest BCUT2D eigenvalue weighted by atomic mass is 35.5. The maximum Gasteiger partial charge on any atom is 0.267 e. The molecular formula is C23H21ClN2OS. The van der Waals surface area contributed by atoms with E-state index in [0.717, 1.165) is 45.3 Å². The number of halogens is 1. The van der Waals surface area contributed by atoms with Crippen LogP contribution in [0.2, 0.25) is 5.02 Å². The van der Waals surface area contributed by atoms with Crippen molar-refractivity contribution in [1.29, 1.82) is 0 Å². The zero-order valence-electron chi connectivity index (χ0n) is 15.8. The van der Waals surface area contributed by atoms with Crippen molar-refractivity contribution >= 4 is 61.1 Å². The molecule has 0 aliphatic heterocycles. The summed E-state index contributed by atoms with van der Waals surface area (Å²) in [6, 6.07) is 20.1. The third-order valence-electron chi connectivity index (χ3n) is 4.98. The lowest BCUT2D eigenvalue weighted by Gasteiger charge is -2.21. The summed E-state index contributed by atoms with van der Waals surface area (Å²) in [6.45, 7) is 6.17. The number of nitrogens with one attached hydrogen (secondary N) is 1. The van der Waals surface area contributed by atoms with E-state index in [9.17, 15) is 4.79 Å². The van der Waals surface area contributed by atoms with Gasteiger partial charge in [0.15, 0.2) is 0 Å². The highest BCUT2D eigenvalue weighted by molar-refractivity contribution is 7.22. The minimum atomic E-state index is -0.175. The quantitative estimate of drug-likeness (QED) is 0.393. The highest BCUT2D eigenvalue weighted by Crippen LogP contribution is 2.40. The summed E-state index contributed by atoms with van der Waals surface area (Å²) >= 11 is 8.07. The second-order valence-corrected chi connectivity index (χ2v) is 8.01. The highest BCUT2D eigenvalue weighted by Gasteiger charge is 2.19. The predicted molar refractivity (Wildman–Crippen MR) is 122 cm³/mol. The topological polar surface area (TPSA) is 32.3 Å². The molecule has 0 fully saturated rings. The Morgan fingerprint density at radius 3 is 2.43 bits per heavy atom. The van der Waals surface area contributed by atoms with Gasteiger partial charge in [-0.05, 0) is 55.0 Å². The lowest BCUT2D eigenvalue weighted by Crippen LogP contribution is -2.21. The summed E-state index contributed by atoms with van der Waals surface area (Å²) in [5.74, 6) is -0.175. The predicted octanol–water partition coefficient (Wildman–Crippen LogP) is 6.81. The van der Waals surface area contributed by atoms with Crippen LogP contribution in [0.4, 0.5) is 11.4 Å². The molecule has 0 radical (unpaired) electrons. The number of fused-ring (bicyclic) bond motifs is 3. The smallest absolute Gasteiger partial charge is 0.267 e. The third kappa shape index (κ3) is 3.34. The molecule has 1 amide bonds. The molecule has 0 saturated heterocycles. The van der Waals surface area contributed by atoms with Crippen LogP contribution in [-0.4, -0.2) is 19.0 Å². The summed E-state index contributed by atoms with van der Waals surface area (Å²) in [4.78, 5) is 15.7. The van der Waals surface area contributed by atoms with E-state index in [4.69, 9.17) is 11.6 Å². The van der Waals surface area contributed by atoms with Crippen molar-refractivity contribution in [3.63, 3.8) is 0 Å². The molecule has 0 unspecified atom stereocenters. The summed E-state index contributed by atoms with van der Waals surface area (Å²) in [5, 5.41) is 6.64. The Hall–Kier alpha value is -2.56. The molecule has 3 aromatic carbocycles. The van der Waals surface area contributed by atoms with E-state index in [2.05, 4.69) is 36.2 Å². The van der Waals surface area contributed by atoms with Gasteiger partial charge in [0, 0.05) is 34.6 Å². The van der Waals surface area contributed by atoms with Crippen LogP contribution in [0.1, 0.15) is 23.5 Å². The van der Waals surface area contributed by atoms with Crippen molar-refractivity contribution in [2.75, 3.05) is 23.3 Å². The Kier molecular flexibility index (Phi) is 5.25. The van der Waals surface area contributed by atoms with Gasteiger partial charge in [0.1, 0.15) is 4.88 Å². The van der Waals surface area contributed by atoms with E-state index in [1.54, 1.807) is 0 Å². The summed E-state index contributed by atoms with van der Waals surface area (Å²) in [6.07, 6.45) is 0. The molecule has 4 aromatic rings. The standard InChI is InChI=1S/C23H21ClN2OS/c1-3-26(4-2)17-12-10-16(11-13-17)25-23(27)22-21(24)20-18-8-6-5-7-15(18)9-14-19(20)28-22/h5-14H,3-4H2,1-2H3,(H,25,27). The van der Waals surface area contributed by atoms with Crippen LogP contribution >= 0.6 is 22.9 Å². The second-order valence-electron chi connectivity index (χ2n) is 6.58. The number of amides is 1. The molecule has 3 nitrogen and oxygen atoms in total. The fourth-order valence-electron chi connectivity index (χ4n) is 3.51. The van der Waals surface area contributed by atoms with Gasteiger partial charge in [-0.2, -0.15) is 0 Å². The second kappa shape index (κ2) is 7.82. The van der Waals surface area contributed by atoms with Crippen molar-refractivity contribution in [1.82, 2.24) is 0 Å². The van der Waals surface area contributed by atoms with Gasteiger partial charge in [0.2, 0.25) is 0 Å². The number of rotatable bonds is 5. The summed E-state index contributed by atoms with van der Waals surface area (Å²) in [5.41, 5.74) is 1.91. The number of carbonyl (C=O) groups excluding carboxylic acids is 1. The van der Waals surface area contributed by atoms with Gasteiger partial charge in [-0.25, -0.2) is 0 Å². The van der Waals surface area contributed by atoms with Gasteiger partial charge < -0.3 is 10.2 Å². The SMILES string of the molecule is CCN(CC)c1ccc(NC(=O)c2sc3ccc4ccccc4c3c2Cl)cc1. The molecule has 0 aliphatic rings. The Morgan fingerprint density at radius 1 is 1.00 bits per heavy atom. The molecule has 0 saturated carbocycles. The van der Waals surface area contributed by atoms with E-state index >= 15 is 0 Å². The zero-order chi connectivity index (χ0) is 19.7. The lowest BCUT2D eigenvalue weighted by molar-refractivity contribution is 0.103. The van der Waals surface area contributed by atoms with E-state index in [-0.39, 0.29) is 5.91 Å². The number of hydrogen-bond donors (Lipinski definition) is 1. The minimum absolute atomic E-state index is 0.175. The number of anilines is 2. The van der Waals surface area contributed by atoms with E-state index in [1.165, 1.54) is 11.3 Å². The van der Waals surface area contributed by atoms with Crippen molar-refractivity contribution in [2.24, 2.45) is 0 Å². The molecule has 5 heteroatoms. The van der Waals surface area contributed by atoms with Crippen LogP contribution in [-0.2, 0) is 0 Å². The van der Waals surface area contributed by atoms with Crippen LogP contribution in [0.25, 0.3) is 20.9 Å². The van der Waals surface area contributed by atoms with E-state index in [0.29, 0.717) is 9.90 Å². The zero-order valence-corrected chi connectivity index (χ0v) is 17.4. The van der Waals surface area contributed by atoms with Gasteiger partial charge in [-0.3, -0.25) is 4.79 Å². The number of hydrogen-bond acceptors (Lipinski definition) is 3. The summed E-state index contributed by atoms with van der Waals surface area (Å²) in [7, 11) is 0. The molecule has 142 valence electrons. The molecule has 1 N–H and O–H groups in total. The van der Waals surface area contributed by atoms with Gasteiger partial charge in [0.25, 0.3) is 5.91 Å². The average molecular weight is 409 g/mol.